The maximum absolute atomic E-state index is 13.6. The summed E-state index contributed by atoms with van der Waals surface area (Å²) in [5.74, 6) is -1.90. The first-order valence-electron chi connectivity index (χ1n) is 5.81. The summed E-state index contributed by atoms with van der Waals surface area (Å²) in [4.78, 5) is 0. The third-order valence-electron chi connectivity index (χ3n) is 2.99. The Kier molecular flexibility index (Phi) is 4.05. The molecule has 2 rings (SSSR count). The normalized spacial score (nSPS) is 12.4. The van der Waals surface area contributed by atoms with Crippen molar-refractivity contribution in [1.29, 1.82) is 0 Å². The molecule has 0 heterocycles. The number of hydrogen-bond acceptors (Lipinski definition) is 1. The van der Waals surface area contributed by atoms with Crippen LogP contribution in [0.1, 0.15) is 17.0 Å². The standard InChI is InChI=1S/C15H14F2O/c16-14-8-4-7-12(15(14)17)9-13(10-18)11-5-2-1-3-6-11/h1-8,13,18H,9-10H2. The Bertz CT molecular complexity index is 511. The quantitative estimate of drug-likeness (QED) is 0.880. The number of aliphatic hydroxyl groups is 1. The first kappa shape index (κ1) is 12.7. The van der Waals surface area contributed by atoms with Crippen LogP contribution in [0.4, 0.5) is 8.78 Å². The second-order valence-electron chi connectivity index (χ2n) is 4.21. The number of halogens is 2. The highest BCUT2D eigenvalue weighted by Gasteiger charge is 2.15. The van der Waals surface area contributed by atoms with Crippen LogP contribution in [0.25, 0.3) is 0 Å². The third-order valence-corrected chi connectivity index (χ3v) is 2.99. The van der Waals surface area contributed by atoms with Crippen LogP contribution < -0.4 is 0 Å². The van der Waals surface area contributed by atoms with Crippen molar-refractivity contribution in [2.24, 2.45) is 0 Å². The zero-order chi connectivity index (χ0) is 13.0. The molecule has 0 fully saturated rings. The fraction of sp³-hybridized carbons (Fsp3) is 0.200. The molecule has 1 atom stereocenters. The zero-order valence-corrected chi connectivity index (χ0v) is 9.81. The number of hydrogen-bond donors (Lipinski definition) is 1. The van der Waals surface area contributed by atoms with E-state index in [0.29, 0.717) is 0 Å². The Morgan fingerprint density at radius 2 is 1.67 bits per heavy atom. The van der Waals surface area contributed by atoms with Gasteiger partial charge >= 0.3 is 0 Å². The Morgan fingerprint density at radius 3 is 2.33 bits per heavy atom. The fourth-order valence-corrected chi connectivity index (χ4v) is 1.98. The van der Waals surface area contributed by atoms with Crippen molar-refractivity contribution in [3.05, 3.63) is 71.3 Å². The van der Waals surface area contributed by atoms with E-state index in [9.17, 15) is 13.9 Å². The van der Waals surface area contributed by atoms with E-state index in [1.54, 1.807) is 6.07 Å². The van der Waals surface area contributed by atoms with E-state index >= 15 is 0 Å². The van der Waals surface area contributed by atoms with Gasteiger partial charge in [0.15, 0.2) is 11.6 Å². The molecule has 0 radical (unpaired) electrons. The van der Waals surface area contributed by atoms with Gasteiger partial charge in [0.25, 0.3) is 0 Å². The number of benzene rings is 2. The SMILES string of the molecule is OCC(Cc1cccc(F)c1F)c1ccccc1. The largest absolute Gasteiger partial charge is 0.396 e. The van der Waals surface area contributed by atoms with E-state index in [-0.39, 0.29) is 24.5 Å². The Labute approximate surface area is 105 Å². The molecule has 0 aliphatic carbocycles. The van der Waals surface area contributed by atoms with Crippen molar-refractivity contribution in [1.82, 2.24) is 0 Å². The van der Waals surface area contributed by atoms with E-state index in [1.807, 2.05) is 30.3 Å². The van der Waals surface area contributed by atoms with Gasteiger partial charge in [0.2, 0.25) is 0 Å². The lowest BCUT2D eigenvalue weighted by Gasteiger charge is -2.15. The molecule has 2 aromatic carbocycles. The van der Waals surface area contributed by atoms with Crippen LogP contribution in [-0.4, -0.2) is 11.7 Å². The van der Waals surface area contributed by atoms with Crippen LogP contribution in [0.15, 0.2) is 48.5 Å². The van der Waals surface area contributed by atoms with Gasteiger partial charge in [0.05, 0.1) is 6.61 Å². The van der Waals surface area contributed by atoms with Gasteiger partial charge in [0.1, 0.15) is 0 Å². The van der Waals surface area contributed by atoms with E-state index in [0.717, 1.165) is 11.6 Å². The molecule has 0 spiro atoms. The lowest BCUT2D eigenvalue weighted by Crippen LogP contribution is -2.09. The maximum atomic E-state index is 13.6. The van der Waals surface area contributed by atoms with Gasteiger partial charge in [-0.2, -0.15) is 0 Å². The molecular formula is C15H14F2O. The fourth-order valence-electron chi connectivity index (χ4n) is 1.98. The molecule has 94 valence electrons. The van der Waals surface area contributed by atoms with Crippen molar-refractivity contribution < 1.29 is 13.9 Å². The molecule has 2 aromatic rings. The van der Waals surface area contributed by atoms with Gasteiger partial charge in [-0.3, -0.25) is 0 Å². The summed E-state index contributed by atoms with van der Waals surface area (Å²) in [5, 5.41) is 9.38. The summed E-state index contributed by atoms with van der Waals surface area (Å²) in [6.45, 7) is -0.0973. The minimum atomic E-state index is -0.850. The molecule has 0 saturated heterocycles. The summed E-state index contributed by atoms with van der Waals surface area (Å²) >= 11 is 0. The van der Waals surface area contributed by atoms with Crippen LogP contribution in [0.3, 0.4) is 0 Å². The van der Waals surface area contributed by atoms with Crippen LogP contribution in [0.5, 0.6) is 0 Å². The summed E-state index contributed by atoms with van der Waals surface area (Å²) < 4.78 is 26.7. The van der Waals surface area contributed by atoms with E-state index < -0.39 is 11.6 Å². The molecule has 0 bridgehead atoms. The van der Waals surface area contributed by atoms with E-state index in [4.69, 9.17) is 0 Å². The van der Waals surface area contributed by atoms with Gasteiger partial charge in [-0.1, -0.05) is 42.5 Å². The number of aliphatic hydroxyl groups excluding tert-OH is 1. The van der Waals surface area contributed by atoms with Crippen molar-refractivity contribution in [3.63, 3.8) is 0 Å². The van der Waals surface area contributed by atoms with E-state index in [2.05, 4.69) is 0 Å². The highest BCUT2D eigenvalue weighted by Crippen LogP contribution is 2.22. The molecule has 18 heavy (non-hydrogen) atoms. The first-order valence-corrected chi connectivity index (χ1v) is 5.81. The molecular weight excluding hydrogens is 234 g/mol. The van der Waals surface area contributed by atoms with Crippen molar-refractivity contribution in [2.45, 2.75) is 12.3 Å². The maximum Gasteiger partial charge on any atom is 0.162 e. The second-order valence-corrected chi connectivity index (χ2v) is 4.21. The number of rotatable bonds is 4. The topological polar surface area (TPSA) is 20.2 Å². The smallest absolute Gasteiger partial charge is 0.162 e. The molecule has 1 N–H and O–H groups in total. The first-order chi connectivity index (χ1) is 8.72. The summed E-state index contributed by atoms with van der Waals surface area (Å²) in [6, 6.07) is 13.5. The molecule has 0 aromatic heterocycles. The van der Waals surface area contributed by atoms with Crippen LogP contribution in [-0.2, 0) is 6.42 Å². The third kappa shape index (κ3) is 2.74. The molecule has 1 unspecified atom stereocenters. The van der Waals surface area contributed by atoms with Gasteiger partial charge in [0, 0.05) is 5.92 Å². The van der Waals surface area contributed by atoms with Crippen molar-refractivity contribution in [2.75, 3.05) is 6.61 Å². The highest BCUT2D eigenvalue weighted by atomic mass is 19.2. The van der Waals surface area contributed by atoms with Gasteiger partial charge in [-0.05, 0) is 23.6 Å². The Hall–Kier alpha value is -1.74. The molecule has 0 aliphatic rings. The lowest BCUT2D eigenvalue weighted by molar-refractivity contribution is 0.263. The molecule has 0 amide bonds. The summed E-state index contributed by atoms with van der Waals surface area (Å²) in [7, 11) is 0. The van der Waals surface area contributed by atoms with Gasteiger partial charge < -0.3 is 5.11 Å². The lowest BCUT2D eigenvalue weighted by atomic mass is 9.92. The van der Waals surface area contributed by atoms with Gasteiger partial charge in [-0.25, -0.2) is 8.78 Å². The highest BCUT2D eigenvalue weighted by molar-refractivity contribution is 5.25. The molecule has 3 heteroatoms. The summed E-state index contributed by atoms with van der Waals surface area (Å²) in [5.41, 5.74) is 1.21. The average molecular weight is 248 g/mol. The molecule has 1 nitrogen and oxygen atoms in total. The zero-order valence-electron chi connectivity index (χ0n) is 9.81. The Balaban J connectivity index is 2.24. The average Bonchev–Trinajstić information content (AvgIpc) is 2.41. The predicted octanol–water partition coefficient (Wildman–Crippen LogP) is 3.28. The minimum Gasteiger partial charge on any atom is -0.396 e. The predicted molar refractivity (Wildman–Crippen MR) is 66.3 cm³/mol. The van der Waals surface area contributed by atoms with Crippen LogP contribution in [0.2, 0.25) is 0 Å². The van der Waals surface area contributed by atoms with Crippen LogP contribution in [0, 0.1) is 11.6 Å². The van der Waals surface area contributed by atoms with Crippen molar-refractivity contribution in [3.8, 4) is 0 Å². The van der Waals surface area contributed by atoms with Gasteiger partial charge in [-0.15, -0.1) is 0 Å². The summed E-state index contributed by atoms with van der Waals surface area (Å²) in [6.07, 6.45) is 0.282. The van der Waals surface area contributed by atoms with Crippen LogP contribution >= 0.6 is 0 Å². The minimum absolute atomic E-state index is 0.0973. The monoisotopic (exact) mass is 248 g/mol. The second kappa shape index (κ2) is 5.74. The Morgan fingerprint density at radius 1 is 0.944 bits per heavy atom. The van der Waals surface area contributed by atoms with E-state index in [1.165, 1.54) is 6.07 Å². The molecule has 0 aliphatic heterocycles. The van der Waals surface area contributed by atoms with Crippen molar-refractivity contribution >= 4 is 0 Å². The molecule has 0 saturated carbocycles.